The Balaban J connectivity index is 1.97. The molecule has 0 aliphatic carbocycles. The Bertz CT molecular complexity index is 1390. The van der Waals surface area contributed by atoms with Gasteiger partial charge in [-0.15, -0.1) is 6.58 Å². The summed E-state index contributed by atoms with van der Waals surface area (Å²) in [7, 11) is 1.94. The summed E-state index contributed by atoms with van der Waals surface area (Å²) in [6.07, 6.45) is 14.0. The second kappa shape index (κ2) is 10.7. The molecule has 188 valence electrons. The van der Waals surface area contributed by atoms with Crippen molar-refractivity contribution >= 4 is 11.1 Å². The van der Waals surface area contributed by atoms with Gasteiger partial charge >= 0.3 is 0 Å². The molecule has 5 heteroatoms. The van der Waals surface area contributed by atoms with Crippen LogP contribution in [0, 0.1) is 6.92 Å². The molecule has 4 rings (SSSR count). The van der Waals surface area contributed by atoms with Crippen molar-refractivity contribution in [2.24, 2.45) is 7.05 Å². The van der Waals surface area contributed by atoms with Gasteiger partial charge in [0.2, 0.25) is 0 Å². The molecule has 0 saturated carbocycles. The molecule has 0 saturated heterocycles. The van der Waals surface area contributed by atoms with Gasteiger partial charge in [-0.1, -0.05) is 46.3 Å². The molecule has 0 N–H and O–H groups in total. The van der Waals surface area contributed by atoms with Crippen molar-refractivity contribution in [1.82, 2.24) is 24.1 Å². The number of allylic oxidation sites excluding steroid dienone is 2. The summed E-state index contributed by atoms with van der Waals surface area (Å²) in [5, 5.41) is 4.41. The molecular formula is C31H39N5. The van der Waals surface area contributed by atoms with E-state index in [2.05, 4.69) is 80.7 Å². The maximum atomic E-state index is 5.33. The Kier molecular flexibility index (Phi) is 7.58. The highest BCUT2D eigenvalue weighted by Crippen LogP contribution is 2.39. The van der Waals surface area contributed by atoms with Crippen LogP contribution in [-0.4, -0.2) is 24.1 Å². The van der Waals surface area contributed by atoms with Gasteiger partial charge in [0.15, 0.2) is 0 Å². The third kappa shape index (κ3) is 4.79. The summed E-state index contributed by atoms with van der Waals surface area (Å²) in [6.45, 7) is 17.2. The molecule has 36 heavy (non-hydrogen) atoms. The SMILES string of the molecule is C=CCC(CC)(CCC)c1cc(C)cc(-c2cc(-c3cnn(C)c3)n3cnc(C(=C)CCC)cc23)n1. The van der Waals surface area contributed by atoms with E-state index in [1.807, 2.05) is 30.5 Å². The average molecular weight is 482 g/mol. The van der Waals surface area contributed by atoms with Crippen LogP contribution in [0.3, 0.4) is 0 Å². The van der Waals surface area contributed by atoms with Crippen molar-refractivity contribution in [2.75, 3.05) is 0 Å². The van der Waals surface area contributed by atoms with E-state index in [9.17, 15) is 0 Å². The van der Waals surface area contributed by atoms with Gasteiger partial charge in [0.1, 0.15) is 6.33 Å². The standard InChI is InChI=1S/C31H39N5/c1-8-12-23(6)26-18-29-25(17-28(36(29)21-32-26)24-19-33-35(7)20-24)27-15-22(5)16-30(34-27)31(11-4,13-9-2)14-10-3/h9,15-21H,2,6,8,10-14H2,1,3-5,7H3. The van der Waals surface area contributed by atoms with Crippen LogP contribution < -0.4 is 0 Å². The number of aryl methyl sites for hydroxylation is 2. The fourth-order valence-electron chi connectivity index (χ4n) is 5.37. The summed E-state index contributed by atoms with van der Waals surface area (Å²) in [5.41, 5.74) is 9.67. The van der Waals surface area contributed by atoms with E-state index in [1.165, 1.54) is 5.56 Å². The number of aromatic nitrogens is 5. The highest BCUT2D eigenvalue weighted by molar-refractivity contribution is 5.86. The number of fused-ring (bicyclic) bond motifs is 1. The van der Waals surface area contributed by atoms with Gasteiger partial charge in [-0.25, -0.2) is 4.98 Å². The van der Waals surface area contributed by atoms with Crippen LogP contribution in [0.5, 0.6) is 0 Å². The van der Waals surface area contributed by atoms with Gasteiger partial charge < -0.3 is 0 Å². The van der Waals surface area contributed by atoms with Crippen LogP contribution in [0.2, 0.25) is 0 Å². The van der Waals surface area contributed by atoms with Crippen molar-refractivity contribution in [1.29, 1.82) is 0 Å². The first-order valence-corrected chi connectivity index (χ1v) is 13.1. The van der Waals surface area contributed by atoms with Gasteiger partial charge in [-0.05, 0) is 68.0 Å². The summed E-state index contributed by atoms with van der Waals surface area (Å²) < 4.78 is 3.99. The first-order valence-electron chi connectivity index (χ1n) is 13.1. The van der Waals surface area contributed by atoms with Crippen LogP contribution in [0.25, 0.3) is 33.6 Å². The molecule has 0 amide bonds. The smallest absolute Gasteiger partial charge is 0.100 e. The summed E-state index contributed by atoms with van der Waals surface area (Å²) in [4.78, 5) is 10.1. The minimum absolute atomic E-state index is 0.00111. The fraction of sp³-hybridized carbons (Fsp3) is 0.387. The predicted octanol–water partition coefficient (Wildman–Crippen LogP) is 7.94. The Hall–Kier alpha value is -3.47. The molecular weight excluding hydrogens is 442 g/mol. The number of rotatable bonds is 11. The second-order valence-corrected chi connectivity index (χ2v) is 10.0. The number of hydrogen-bond donors (Lipinski definition) is 0. The lowest BCUT2D eigenvalue weighted by molar-refractivity contribution is 0.368. The van der Waals surface area contributed by atoms with Gasteiger partial charge in [0.25, 0.3) is 0 Å². The first kappa shape index (κ1) is 25.6. The van der Waals surface area contributed by atoms with Crippen molar-refractivity contribution < 1.29 is 0 Å². The molecule has 0 bridgehead atoms. The van der Waals surface area contributed by atoms with Crippen LogP contribution in [0.15, 0.2) is 62.2 Å². The van der Waals surface area contributed by atoms with E-state index in [1.54, 1.807) is 0 Å². The monoisotopic (exact) mass is 481 g/mol. The van der Waals surface area contributed by atoms with Crippen LogP contribution >= 0.6 is 0 Å². The van der Waals surface area contributed by atoms with E-state index in [0.29, 0.717) is 0 Å². The largest absolute Gasteiger partial charge is 0.300 e. The maximum absolute atomic E-state index is 5.33. The molecule has 0 spiro atoms. The Morgan fingerprint density at radius 1 is 1.11 bits per heavy atom. The van der Waals surface area contributed by atoms with Crippen LogP contribution in [-0.2, 0) is 12.5 Å². The molecule has 4 heterocycles. The number of pyridine rings is 1. The van der Waals surface area contributed by atoms with E-state index >= 15 is 0 Å². The fourth-order valence-corrected chi connectivity index (χ4v) is 5.37. The van der Waals surface area contributed by atoms with E-state index in [4.69, 9.17) is 9.97 Å². The maximum Gasteiger partial charge on any atom is 0.100 e. The quantitative estimate of drug-likeness (QED) is 0.204. The molecule has 5 nitrogen and oxygen atoms in total. The lowest BCUT2D eigenvalue weighted by Crippen LogP contribution is -2.26. The zero-order valence-corrected chi connectivity index (χ0v) is 22.5. The first-order chi connectivity index (χ1) is 17.4. The van der Waals surface area contributed by atoms with Gasteiger partial charge in [-0.2, -0.15) is 5.10 Å². The zero-order chi connectivity index (χ0) is 25.9. The molecule has 1 unspecified atom stereocenters. The second-order valence-electron chi connectivity index (χ2n) is 10.0. The predicted molar refractivity (Wildman–Crippen MR) is 151 cm³/mol. The number of nitrogens with zero attached hydrogens (tertiary/aromatic N) is 5. The Labute approximate surface area is 215 Å². The van der Waals surface area contributed by atoms with E-state index in [-0.39, 0.29) is 5.41 Å². The highest BCUT2D eigenvalue weighted by Gasteiger charge is 2.30. The molecule has 0 fully saturated rings. The summed E-state index contributed by atoms with van der Waals surface area (Å²) >= 11 is 0. The van der Waals surface area contributed by atoms with E-state index in [0.717, 1.165) is 83.5 Å². The Morgan fingerprint density at radius 3 is 2.56 bits per heavy atom. The lowest BCUT2D eigenvalue weighted by atomic mass is 9.74. The third-order valence-corrected chi connectivity index (χ3v) is 7.31. The average Bonchev–Trinajstić information content (AvgIpc) is 3.46. The van der Waals surface area contributed by atoms with Gasteiger partial charge in [-0.3, -0.25) is 14.1 Å². The summed E-state index contributed by atoms with van der Waals surface area (Å²) in [6, 6.07) is 8.86. The summed E-state index contributed by atoms with van der Waals surface area (Å²) in [5.74, 6) is 0. The normalized spacial score (nSPS) is 13.1. The lowest BCUT2D eigenvalue weighted by Gasteiger charge is -2.32. The minimum Gasteiger partial charge on any atom is -0.300 e. The topological polar surface area (TPSA) is 48.0 Å². The van der Waals surface area contributed by atoms with E-state index < -0.39 is 0 Å². The molecule has 1 atom stereocenters. The molecule has 0 radical (unpaired) electrons. The van der Waals surface area contributed by atoms with Gasteiger partial charge in [0, 0.05) is 35.5 Å². The van der Waals surface area contributed by atoms with Crippen molar-refractivity contribution in [2.45, 2.75) is 71.6 Å². The van der Waals surface area contributed by atoms with Crippen molar-refractivity contribution in [3.05, 3.63) is 79.2 Å². The third-order valence-electron chi connectivity index (χ3n) is 7.31. The number of hydrogen-bond acceptors (Lipinski definition) is 3. The zero-order valence-electron chi connectivity index (χ0n) is 22.5. The Morgan fingerprint density at radius 2 is 1.92 bits per heavy atom. The van der Waals surface area contributed by atoms with Gasteiger partial charge in [0.05, 0.1) is 28.8 Å². The van der Waals surface area contributed by atoms with Crippen LogP contribution in [0.1, 0.15) is 76.2 Å². The molecule has 4 aromatic heterocycles. The van der Waals surface area contributed by atoms with Crippen molar-refractivity contribution in [3.8, 4) is 22.5 Å². The van der Waals surface area contributed by atoms with Crippen LogP contribution in [0.4, 0.5) is 0 Å². The molecule has 0 aliphatic heterocycles. The highest BCUT2D eigenvalue weighted by atomic mass is 15.2. The van der Waals surface area contributed by atoms with Crippen molar-refractivity contribution in [3.63, 3.8) is 0 Å². The molecule has 4 aromatic rings. The molecule has 0 aromatic carbocycles. The minimum atomic E-state index is 0.00111. The molecule has 0 aliphatic rings.